The van der Waals surface area contributed by atoms with Crippen molar-refractivity contribution in [2.75, 3.05) is 20.1 Å². The molecule has 0 unspecified atom stereocenters. The molecular weight excluding hydrogens is 511 g/mol. The van der Waals surface area contributed by atoms with Crippen LogP contribution in [0.1, 0.15) is 36.1 Å². The van der Waals surface area contributed by atoms with Crippen LogP contribution in [0.2, 0.25) is 0 Å². The van der Waals surface area contributed by atoms with Crippen molar-refractivity contribution in [3.8, 4) is 0 Å². The topological polar surface area (TPSA) is 57.5 Å². The Hall–Kier alpha value is -2.39. The Labute approximate surface area is 209 Å². The number of aromatic nitrogens is 2. The maximum atomic E-state index is 4.41. The molecule has 32 heavy (non-hydrogen) atoms. The molecule has 7 heteroatoms. The van der Waals surface area contributed by atoms with Crippen LogP contribution in [0.5, 0.6) is 0 Å². The maximum Gasteiger partial charge on any atom is 0.191 e. The molecule has 1 aromatic heterocycles. The van der Waals surface area contributed by atoms with Gasteiger partial charge in [0.2, 0.25) is 0 Å². The third-order valence-electron chi connectivity index (χ3n) is 5.53. The molecular formula is C25H35IN6. The number of rotatable bonds is 10. The van der Waals surface area contributed by atoms with Crippen molar-refractivity contribution >= 4 is 29.9 Å². The molecule has 0 aliphatic rings. The molecule has 0 fully saturated rings. The zero-order valence-corrected chi connectivity index (χ0v) is 21.6. The van der Waals surface area contributed by atoms with Crippen LogP contribution in [0.25, 0.3) is 0 Å². The molecule has 0 bridgehead atoms. The standard InChI is InChI=1S/C25H34N6.HI/c1-4-30(5-2)19-23-13-8-6-11-21(23)17-27-25(26-3)28-18-22-12-7-9-14-24(22)20-31-16-10-15-29-31;/h6-16H,4-5,17-20H2,1-3H3,(H2,26,27,28);1H. The summed E-state index contributed by atoms with van der Waals surface area (Å²) in [5.41, 5.74) is 5.15. The fourth-order valence-corrected chi connectivity index (χ4v) is 3.60. The van der Waals surface area contributed by atoms with Crippen molar-refractivity contribution in [3.63, 3.8) is 0 Å². The molecule has 3 aromatic rings. The van der Waals surface area contributed by atoms with Gasteiger partial charge in [0, 0.05) is 39.1 Å². The van der Waals surface area contributed by atoms with E-state index >= 15 is 0 Å². The van der Waals surface area contributed by atoms with Crippen molar-refractivity contribution in [3.05, 3.63) is 89.2 Å². The van der Waals surface area contributed by atoms with E-state index in [9.17, 15) is 0 Å². The second kappa shape index (κ2) is 13.9. The summed E-state index contributed by atoms with van der Waals surface area (Å²) in [6, 6.07) is 19.0. The van der Waals surface area contributed by atoms with E-state index in [1.807, 2.05) is 30.2 Å². The van der Waals surface area contributed by atoms with Crippen molar-refractivity contribution in [2.45, 2.75) is 40.0 Å². The lowest BCUT2D eigenvalue weighted by atomic mass is 10.1. The summed E-state index contributed by atoms with van der Waals surface area (Å²) in [5.74, 6) is 0.798. The lowest BCUT2D eigenvalue weighted by Gasteiger charge is -2.21. The highest BCUT2D eigenvalue weighted by Gasteiger charge is 2.08. The Morgan fingerprint density at radius 2 is 1.44 bits per heavy atom. The fraction of sp³-hybridized carbons (Fsp3) is 0.360. The van der Waals surface area contributed by atoms with Crippen molar-refractivity contribution in [1.82, 2.24) is 25.3 Å². The van der Waals surface area contributed by atoms with Crippen LogP contribution in [0.3, 0.4) is 0 Å². The van der Waals surface area contributed by atoms with Gasteiger partial charge in [-0.1, -0.05) is 62.4 Å². The van der Waals surface area contributed by atoms with Gasteiger partial charge >= 0.3 is 0 Å². The van der Waals surface area contributed by atoms with E-state index in [0.29, 0.717) is 6.54 Å². The Kier molecular flexibility index (Phi) is 11.2. The number of nitrogens with zero attached hydrogens (tertiary/aromatic N) is 4. The Bertz CT molecular complexity index is 951. The van der Waals surface area contributed by atoms with E-state index in [1.54, 1.807) is 0 Å². The lowest BCUT2D eigenvalue weighted by molar-refractivity contribution is 0.295. The van der Waals surface area contributed by atoms with Gasteiger partial charge in [-0.15, -0.1) is 24.0 Å². The largest absolute Gasteiger partial charge is 0.352 e. The Morgan fingerprint density at radius 1 is 0.875 bits per heavy atom. The number of aliphatic imine (C=N–C) groups is 1. The number of benzene rings is 2. The van der Waals surface area contributed by atoms with Crippen LogP contribution < -0.4 is 10.6 Å². The summed E-state index contributed by atoms with van der Waals surface area (Å²) in [5, 5.41) is 11.3. The first kappa shape index (κ1) is 25.9. The maximum absolute atomic E-state index is 4.41. The second-order valence-electron chi connectivity index (χ2n) is 7.48. The molecule has 0 aliphatic carbocycles. The van der Waals surface area contributed by atoms with Gasteiger partial charge in [0.15, 0.2) is 5.96 Å². The van der Waals surface area contributed by atoms with E-state index in [2.05, 4.69) is 88.0 Å². The third kappa shape index (κ3) is 7.63. The molecule has 0 spiro atoms. The number of guanidine groups is 1. The van der Waals surface area contributed by atoms with Gasteiger partial charge in [-0.3, -0.25) is 14.6 Å². The van der Waals surface area contributed by atoms with E-state index in [1.165, 1.54) is 22.3 Å². The van der Waals surface area contributed by atoms with Crippen LogP contribution in [0.15, 0.2) is 72.0 Å². The first-order valence-corrected chi connectivity index (χ1v) is 11.0. The fourth-order valence-electron chi connectivity index (χ4n) is 3.60. The van der Waals surface area contributed by atoms with Gasteiger partial charge < -0.3 is 10.6 Å². The number of hydrogen-bond acceptors (Lipinski definition) is 3. The van der Waals surface area contributed by atoms with E-state index in [-0.39, 0.29) is 24.0 Å². The molecule has 1 heterocycles. The smallest absolute Gasteiger partial charge is 0.191 e. The minimum atomic E-state index is 0. The molecule has 0 aliphatic heterocycles. The summed E-state index contributed by atoms with van der Waals surface area (Å²) in [4.78, 5) is 6.85. The summed E-state index contributed by atoms with van der Waals surface area (Å²) in [6.45, 7) is 9.71. The average Bonchev–Trinajstić information content (AvgIpc) is 3.32. The monoisotopic (exact) mass is 546 g/mol. The van der Waals surface area contributed by atoms with Gasteiger partial charge in [-0.05, 0) is 41.4 Å². The number of hydrogen-bond donors (Lipinski definition) is 2. The van der Waals surface area contributed by atoms with Crippen LogP contribution in [0, 0.1) is 0 Å². The highest BCUT2D eigenvalue weighted by molar-refractivity contribution is 14.0. The normalized spacial score (nSPS) is 11.3. The molecule has 0 saturated carbocycles. The molecule has 2 N–H and O–H groups in total. The van der Waals surface area contributed by atoms with Gasteiger partial charge in [-0.2, -0.15) is 5.10 Å². The summed E-state index contributed by atoms with van der Waals surface area (Å²) >= 11 is 0. The quantitative estimate of drug-likeness (QED) is 0.227. The van der Waals surface area contributed by atoms with Crippen LogP contribution in [0.4, 0.5) is 0 Å². The summed E-state index contributed by atoms with van der Waals surface area (Å²) in [7, 11) is 1.81. The molecule has 0 radical (unpaired) electrons. The molecule has 3 rings (SSSR count). The van der Waals surface area contributed by atoms with Gasteiger partial charge in [0.05, 0.1) is 6.54 Å². The summed E-state index contributed by atoms with van der Waals surface area (Å²) < 4.78 is 1.94. The molecule has 0 saturated heterocycles. The molecule has 0 atom stereocenters. The van der Waals surface area contributed by atoms with Crippen molar-refractivity contribution < 1.29 is 0 Å². The minimum absolute atomic E-state index is 0. The summed E-state index contributed by atoms with van der Waals surface area (Å²) in [6.07, 6.45) is 3.80. The minimum Gasteiger partial charge on any atom is -0.352 e. The predicted octanol–water partition coefficient (Wildman–Crippen LogP) is 4.26. The van der Waals surface area contributed by atoms with E-state index < -0.39 is 0 Å². The molecule has 2 aromatic carbocycles. The molecule has 172 valence electrons. The van der Waals surface area contributed by atoms with Gasteiger partial charge in [-0.25, -0.2) is 0 Å². The second-order valence-corrected chi connectivity index (χ2v) is 7.48. The first-order chi connectivity index (χ1) is 15.2. The first-order valence-electron chi connectivity index (χ1n) is 11.0. The van der Waals surface area contributed by atoms with E-state index in [4.69, 9.17) is 0 Å². The van der Waals surface area contributed by atoms with Gasteiger partial charge in [0.25, 0.3) is 0 Å². The molecule has 0 amide bonds. The Balaban J connectivity index is 0.00000363. The van der Waals surface area contributed by atoms with Crippen molar-refractivity contribution in [1.29, 1.82) is 0 Å². The number of nitrogens with one attached hydrogen (secondary N) is 2. The lowest BCUT2D eigenvalue weighted by Crippen LogP contribution is -2.37. The highest BCUT2D eigenvalue weighted by Crippen LogP contribution is 2.12. The average molecular weight is 547 g/mol. The zero-order valence-electron chi connectivity index (χ0n) is 19.3. The molecule has 6 nitrogen and oxygen atoms in total. The highest BCUT2D eigenvalue weighted by atomic mass is 127. The van der Waals surface area contributed by atoms with Crippen LogP contribution in [-0.4, -0.2) is 40.8 Å². The number of halogens is 1. The Morgan fingerprint density at radius 3 is 1.97 bits per heavy atom. The van der Waals surface area contributed by atoms with Gasteiger partial charge in [0.1, 0.15) is 0 Å². The van der Waals surface area contributed by atoms with E-state index in [0.717, 1.165) is 38.7 Å². The third-order valence-corrected chi connectivity index (χ3v) is 5.53. The predicted molar refractivity (Wildman–Crippen MR) is 143 cm³/mol. The van der Waals surface area contributed by atoms with Crippen LogP contribution in [-0.2, 0) is 26.2 Å². The zero-order chi connectivity index (χ0) is 21.9. The van der Waals surface area contributed by atoms with Crippen LogP contribution >= 0.6 is 24.0 Å². The SMILES string of the molecule is CCN(CC)Cc1ccccc1CNC(=NC)NCc1ccccc1Cn1cccn1.I. The van der Waals surface area contributed by atoms with Crippen molar-refractivity contribution in [2.24, 2.45) is 4.99 Å².